The zero-order valence-electron chi connectivity index (χ0n) is 19.5. The Morgan fingerprint density at radius 2 is 1.94 bits per heavy atom. The summed E-state index contributed by atoms with van der Waals surface area (Å²) in [6.45, 7) is 0.566. The Morgan fingerprint density at radius 1 is 1.14 bits per heavy atom. The molecule has 0 N–H and O–H groups in total. The summed E-state index contributed by atoms with van der Waals surface area (Å²) < 4.78 is 35.2. The van der Waals surface area contributed by atoms with Crippen molar-refractivity contribution in [2.45, 2.75) is 36.1 Å². The highest BCUT2D eigenvalue weighted by Gasteiger charge is 2.41. The van der Waals surface area contributed by atoms with E-state index in [4.69, 9.17) is 21.3 Å². The van der Waals surface area contributed by atoms with Crippen LogP contribution >= 0.6 is 34.3 Å². The fourth-order valence-corrected chi connectivity index (χ4v) is 8.53. The highest BCUT2D eigenvalue weighted by Crippen LogP contribution is 2.36. The number of halogens is 1. The van der Waals surface area contributed by atoms with Crippen molar-refractivity contribution in [1.29, 1.82) is 0 Å². The standard InChI is InChI=1S/C25H24ClN3O4S3/c1-33-18-10-11-21-19(15-18)27-25(34-21)28(16-17-7-3-2-4-8-17)24(30)20-9-5-6-14-29(20)36(31,32)23-13-12-22(26)35-23/h2-4,7-8,10-13,15,20H,5-6,9,14,16H2,1H3. The molecule has 1 aliphatic rings. The summed E-state index contributed by atoms with van der Waals surface area (Å²) in [7, 11) is -2.28. The lowest BCUT2D eigenvalue weighted by molar-refractivity contribution is -0.123. The minimum atomic E-state index is -3.87. The molecule has 1 aliphatic heterocycles. The fraction of sp³-hybridized carbons (Fsp3) is 0.280. The summed E-state index contributed by atoms with van der Waals surface area (Å²) in [5.74, 6) is 0.398. The van der Waals surface area contributed by atoms with Crippen LogP contribution in [0.2, 0.25) is 4.34 Å². The number of ether oxygens (including phenoxy) is 1. The molecular formula is C25H24ClN3O4S3. The zero-order valence-corrected chi connectivity index (χ0v) is 22.7. The van der Waals surface area contributed by atoms with Gasteiger partial charge in [0.05, 0.1) is 28.2 Å². The Balaban J connectivity index is 1.54. The molecule has 1 amide bonds. The minimum Gasteiger partial charge on any atom is -0.497 e. The van der Waals surface area contributed by atoms with E-state index in [1.807, 2.05) is 48.5 Å². The second-order valence-corrected chi connectivity index (χ2v) is 13.3. The normalized spacial score (nSPS) is 16.8. The van der Waals surface area contributed by atoms with Crippen LogP contribution in [0.4, 0.5) is 5.13 Å². The Morgan fingerprint density at radius 3 is 2.67 bits per heavy atom. The van der Waals surface area contributed by atoms with Gasteiger partial charge in [-0.15, -0.1) is 11.3 Å². The first-order valence-electron chi connectivity index (χ1n) is 11.4. The van der Waals surface area contributed by atoms with E-state index in [1.165, 1.54) is 21.7 Å². The number of hydrogen-bond acceptors (Lipinski definition) is 7. The van der Waals surface area contributed by atoms with Crippen molar-refractivity contribution < 1.29 is 17.9 Å². The fourth-order valence-electron chi connectivity index (χ4n) is 4.31. The number of carbonyl (C=O) groups excluding carboxylic acids is 1. The van der Waals surface area contributed by atoms with Gasteiger partial charge in [0, 0.05) is 12.6 Å². The van der Waals surface area contributed by atoms with Crippen LogP contribution in [0.1, 0.15) is 24.8 Å². The maximum atomic E-state index is 14.1. The zero-order chi connectivity index (χ0) is 25.3. The van der Waals surface area contributed by atoms with Crippen LogP contribution in [0.5, 0.6) is 5.75 Å². The number of nitrogens with zero attached hydrogens (tertiary/aromatic N) is 3. The maximum Gasteiger partial charge on any atom is 0.253 e. The molecule has 0 radical (unpaired) electrons. The van der Waals surface area contributed by atoms with Crippen molar-refractivity contribution in [2.24, 2.45) is 0 Å². The first-order chi connectivity index (χ1) is 17.4. The number of fused-ring (bicyclic) bond motifs is 1. The molecule has 2 aromatic carbocycles. The summed E-state index contributed by atoms with van der Waals surface area (Å²) in [4.78, 5) is 20.5. The molecule has 0 spiro atoms. The van der Waals surface area contributed by atoms with Gasteiger partial charge < -0.3 is 4.74 Å². The van der Waals surface area contributed by atoms with Crippen molar-refractivity contribution in [1.82, 2.24) is 9.29 Å². The van der Waals surface area contributed by atoms with Crippen molar-refractivity contribution >= 4 is 65.6 Å². The van der Waals surface area contributed by atoms with Gasteiger partial charge >= 0.3 is 0 Å². The van der Waals surface area contributed by atoms with Crippen LogP contribution in [0.15, 0.2) is 64.9 Å². The van der Waals surface area contributed by atoms with E-state index in [2.05, 4.69) is 0 Å². The number of rotatable bonds is 7. The summed E-state index contributed by atoms with van der Waals surface area (Å²) >= 11 is 8.43. The van der Waals surface area contributed by atoms with Gasteiger partial charge in [0.1, 0.15) is 16.0 Å². The summed E-state index contributed by atoms with van der Waals surface area (Å²) in [5, 5.41) is 0.522. The van der Waals surface area contributed by atoms with E-state index < -0.39 is 16.1 Å². The number of thiazole rings is 1. The van der Waals surface area contributed by atoms with E-state index in [1.54, 1.807) is 18.1 Å². The van der Waals surface area contributed by atoms with Crippen molar-refractivity contribution in [3.8, 4) is 5.75 Å². The average molecular weight is 562 g/mol. The highest BCUT2D eigenvalue weighted by molar-refractivity contribution is 7.91. The van der Waals surface area contributed by atoms with Gasteiger partial charge in [0.25, 0.3) is 10.0 Å². The summed E-state index contributed by atoms with van der Waals surface area (Å²) in [6, 6.07) is 17.5. The van der Waals surface area contributed by atoms with Gasteiger partial charge in [0.2, 0.25) is 5.91 Å². The minimum absolute atomic E-state index is 0.147. The van der Waals surface area contributed by atoms with Crippen LogP contribution in [-0.2, 0) is 21.4 Å². The Bertz CT molecular complexity index is 1490. The SMILES string of the molecule is COc1ccc2sc(N(Cc3ccccc3)C(=O)C3CCCCN3S(=O)(=O)c3ccc(Cl)s3)nc2c1. The highest BCUT2D eigenvalue weighted by atomic mass is 35.5. The van der Waals surface area contributed by atoms with Crippen LogP contribution in [0.3, 0.4) is 0 Å². The number of anilines is 1. The molecule has 36 heavy (non-hydrogen) atoms. The first kappa shape index (κ1) is 25.2. The summed E-state index contributed by atoms with van der Waals surface area (Å²) in [6.07, 6.45) is 1.91. The molecule has 7 nitrogen and oxygen atoms in total. The largest absolute Gasteiger partial charge is 0.497 e. The van der Waals surface area contributed by atoms with Gasteiger partial charge in [-0.3, -0.25) is 9.69 Å². The van der Waals surface area contributed by atoms with Crippen LogP contribution in [0.25, 0.3) is 10.2 Å². The van der Waals surface area contributed by atoms with E-state index in [-0.39, 0.29) is 23.2 Å². The first-order valence-corrected chi connectivity index (χ1v) is 14.9. The van der Waals surface area contributed by atoms with Crippen LogP contribution in [0, 0.1) is 0 Å². The number of benzene rings is 2. The Labute approximate surface area is 223 Å². The molecule has 1 saturated heterocycles. The number of carbonyl (C=O) groups is 1. The van der Waals surface area contributed by atoms with Gasteiger partial charge in [0.15, 0.2) is 5.13 Å². The van der Waals surface area contributed by atoms with Crippen molar-refractivity contribution in [2.75, 3.05) is 18.6 Å². The molecule has 0 aliphatic carbocycles. The number of hydrogen-bond donors (Lipinski definition) is 0. The van der Waals surface area contributed by atoms with E-state index in [9.17, 15) is 13.2 Å². The Kier molecular flexibility index (Phi) is 7.32. The maximum absolute atomic E-state index is 14.1. The molecular weight excluding hydrogens is 538 g/mol. The number of amides is 1. The molecule has 11 heteroatoms. The third-order valence-corrected chi connectivity index (χ3v) is 10.8. The molecule has 1 atom stereocenters. The van der Waals surface area contributed by atoms with Gasteiger partial charge in [-0.05, 0) is 42.7 Å². The molecule has 4 aromatic rings. The molecule has 3 heterocycles. The van der Waals surface area contributed by atoms with E-state index >= 15 is 0 Å². The number of aromatic nitrogens is 1. The molecule has 1 unspecified atom stereocenters. The van der Waals surface area contributed by atoms with Crippen molar-refractivity contribution in [3.05, 3.63) is 70.6 Å². The average Bonchev–Trinajstić information content (AvgIpc) is 3.53. The molecule has 2 aromatic heterocycles. The monoisotopic (exact) mass is 561 g/mol. The lowest BCUT2D eigenvalue weighted by atomic mass is 10.0. The second-order valence-electron chi connectivity index (χ2n) is 8.43. The third-order valence-electron chi connectivity index (χ3n) is 6.11. The van der Waals surface area contributed by atoms with Gasteiger partial charge in [-0.1, -0.05) is 59.7 Å². The van der Waals surface area contributed by atoms with Crippen molar-refractivity contribution in [3.63, 3.8) is 0 Å². The smallest absolute Gasteiger partial charge is 0.253 e. The quantitative estimate of drug-likeness (QED) is 0.285. The molecule has 188 valence electrons. The molecule has 5 rings (SSSR count). The second kappa shape index (κ2) is 10.5. The molecule has 0 saturated carbocycles. The lowest BCUT2D eigenvalue weighted by Crippen LogP contribution is -2.52. The number of methoxy groups -OCH3 is 1. The van der Waals surface area contributed by atoms with Crippen LogP contribution < -0.4 is 9.64 Å². The summed E-state index contributed by atoms with van der Waals surface area (Å²) in [5.41, 5.74) is 1.65. The number of sulfonamides is 1. The Hall–Kier alpha value is -2.50. The number of piperidine rings is 1. The molecule has 1 fully saturated rings. The van der Waals surface area contributed by atoms with Gasteiger partial charge in [-0.2, -0.15) is 4.31 Å². The van der Waals surface area contributed by atoms with E-state index in [0.29, 0.717) is 28.1 Å². The van der Waals surface area contributed by atoms with E-state index in [0.717, 1.165) is 33.5 Å². The van der Waals surface area contributed by atoms with Gasteiger partial charge in [-0.25, -0.2) is 13.4 Å². The predicted octanol–water partition coefficient (Wildman–Crippen LogP) is 5.80. The molecule has 0 bridgehead atoms. The van der Waals surface area contributed by atoms with Crippen LogP contribution in [-0.4, -0.2) is 43.3 Å². The number of thiophene rings is 1. The predicted molar refractivity (Wildman–Crippen MR) is 145 cm³/mol. The third kappa shape index (κ3) is 5.01. The topological polar surface area (TPSA) is 79.8 Å². The lowest BCUT2D eigenvalue weighted by Gasteiger charge is -2.35.